The summed E-state index contributed by atoms with van der Waals surface area (Å²) in [5.41, 5.74) is 2.01. The zero-order chi connectivity index (χ0) is 11.7. The third-order valence-electron chi connectivity index (χ3n) is 3.08. The minimum absolute atomic E-state index is 0.122. The summed E-state index contributed by atoms with van der Waals surface area (Å²) >= 11 is 5.17. The number of Topliss-reactive ketones (excluding diaryl/α,β-unsaturated/α-hetero) is 1. The van der Waals surface area contributed by atoms with Gasteiger partial charge < -0.3 is 10.6 Å². The first kappa shape index (κ1) is 11.6. The van der Waals surface area contributed by atoms with Gasteiger partial charge in [-0.25, -0.2) is 0 Å². The zero-order valence-corrected chi connectivity index (χ0v) is 10.6. The molecule has 0 aromatic carbocycles. The average Bonchev–Trinajstić information content (AvgIpc) is 2.15. The monoisotopic (exact) mass is 238 g/mol. The van der Waals surface area contributed by atoms with Crippen LogP contribution in [0.3, 0.4) is 0 Å². The minimum Gasteiger partial charge on any atom is -0.355 e. The van der Waals surface area contributed by atoms with Gasteiger partial charge >= 0.3 is 0 Å². The lowest BCUT2D eigenvalue weighted by Crippen LogP contribution is -2.51. The molecule has 1 aliphatic carbocycles. The molecule has 2 aliphatic rings. The molecular weight excluding hydrogens is 220 g/mol. The fraction of sp³-hybridized carbons (Fsp3) is 0.667. The second kappa shape index (κ2) is 4.53. The fourth-order valence-corrected chi connectivity index (χ4v) is 2.72. The van der Waals surface area contributed by atoms with E-state index in [-0.39, 0.29) is 11.8 Å². The van der Waals surface area contributed by atoms with Gasteiger partial charge in [-0.3, -0.25) is 4.79 Å². The Morgan fingerprint density at radius 3 is 2.88 bits per heavy atom. The van der Waals surface area contributed by atoms with E-state index in [4.69, 9.17) is 12.2 Å². The molecule has 16 heavy (non-hydrogen) atoms. The highest BCUT2D eigenvalue weighted by molar-refractivity contribution is 7.80. The van der Waals surface area contributed by atoms with Crippen LogP contribution in [0.5, 0.6) is 0 Å². The van der Waals surface area contributed by atoms with Crippen LogP contribution in [-0.2, 0) is 4.79 Å². The van der Waals surface area contributed by atoms with E-state index in [9.17, 15) is 4.79 Å². The highest BCUT2D eigenvalue weighted by Crippen LogP contribution is 2.27. The van der Waals surface area contributed by atoms with Crippen LogP contribution >= 0.6 is 12.2 Å². The van der Waals surface area contributed by atoms with Gasteiger partial charge in [-0.15, -0.1) is 0 Å². The number of allylic oxidation sites excluding steroid dienone is 1. The summed E-state index contributed by atoms with van der Waals surface area (Å²) in [5, 5.41) is 7.02. The molecule has 1 atom stereocenters. The van der Waals surface area contributed by atoms with E-state index in [1.54, 1.807) is 0 Å². The summed E-state index contributed by atoms with van der Waals surface area (Å²) in [6.07, 6.45) is 3.55. The Kier molecular flexibility index (Phi) is 3.28. The van der Waals surface area contributed by atoms with E-state index in [1.165, 1.54) is 0 Å². The molecule has 0 saturated carbocycles. The Balaban J connectivity index is 2.28. The molecule has 0 aromatic rings. The van der Waals surface area contributed by atoms with Crippen LogP contribution in [0.4, 0.5) is 0 Å². The Hall–Kier alpha value is -0.900. The van der Waals surface area contributed by atoms with Crippen LogP contribution in [0, 0.1) is 5.92 Å². The number of thiocarbonyl (C=S) groups is 1. The lowest BCUT2D eigenvalue weighted by Gasteiger charge is -2.34. The molecule has 0 fully saturated rings. The van der Waals surface area contributed by atoms with Crippen molar-refractivity contribution in [2.45, 2.75) is 45.6 Å². The standard InChI is InChI=1S/C12H18N2OS/c1-7(2)6-9-11-8(13-12(16)14-9)4-3-5-10(11)15/h7,9H,3-6H2,1-2H3,(H2,13,14,16). The second-order valence-electron chi connectivity index (χ2n) is 4.95. The predicted octanol–water partition coefficient (Wildman–Crippen LogP) is 1.89. The quantitative estimate of drug-likeness (QED) is 0.721. The minimum atomic E-state index is 0.122. The molecule has 1 aliphatic heterocycles. The average molecular weight is 238 g/mol. The summed E-state index contributed by atoms with van der Waals surface area (Å²) in [5.74, 6) is 0.844. The SMILES string of the molecule is CC(C)CC1NC(=S)NC2=C1C(=O)CCC2. The summed E-state index contributed by atoms with van der Waals surface area (Å²) < 4.78 is 0. The van der Waals surface area contributed by atoms with E-state index >= 15 is 0 Å². The molecule has 0 spiro atoms. The van der Waals surface area contributed by atoms with Gasteiger partial charge in [-0.05, 0) is 37.4 Å². The van der Waals surface area contributed by atoms with Crippen LogP contribution in [0.15, 0.2) is 11.3 Å². The van der Waals surface area contributed by atoms with Crippen LogP contribution in [0.1, 0.15) is 39.5 Å². The zero-order valence-electron chi connectivity index (χ0n) is 9.80. The van der Waals surface area contributed by atoms with Gasteiger partial charge in [-0.2, -0.15) is 0 Å². The number of hydrogen-bond acceptors (Lipinski definition) is 2. The fourth-order valence-electron chi connectivity index (χ4n) is 2.45. The van der Waals surface area contributed by atoms with Crippen molar-refractivity contribution >= 4 is 23.1 Å². The van der Waals surface area contributed by atoms with Crippen molar-refractivity contribution in [2.75, 3.05) is 0 Å². The first-order valence-electron chi connectivity index (χ1n) is 5.91. The molecule has 2 rings (SSSR count). The van der Waals surface area contributed by atoms with Crippen molar-refractivity contribution in [3.8, 4) is 0 Å². The van der Waals surface area contributed by atoms with Crippen LogP contribution in [0.2, 0.25) is 0 Å². The molecule has 0 amide bonds. The van der Waals surface area contributed by atoms with Crippen molar-refractivity contribution in [1.29, 1.82) is 0 Å². The number of ketones is 1. The maximum atomic E-state index is 11.9. The van der Waals surface area contributed by atoms with Crippen molar-refractivity contribution in [3.63, 3.8) is 0 Å². The van der Waals surface area contributed by atoms with Crippen molar-refractivity contribution in [3.05, 3.63) is 11.3 Å². The first-order valence-corrected chi connectivity index (χ1v) is 6.32. The molecule has 0 radical (unpaired) electrons. The Labute approximate surface area is 102 Å². The Morgan fingerprint density at radius 1 is 1.44 bits per heavy atom. The van der Waals surface area contributed by atoms with E-state index < -0.39 is 0 Å². The van der Waals surface area contributed by atoms with Crippen molar-refractivity contribution in [2.24, 2.45) is 5.92 Å². The lowest BCUT2D eigenvalue weighted by molar-refractivity contribution is -0.116. The number of hydrogen-bond donors (Lipinski definition) is 2. The smallest absolute Gasteiger partial charge is 0.171 e. The second-order valence-corrected chi connectivity index (χ2v) is 5.36. The topological polar surface area (TPSA) is 41.1 Å². The van der Waals surface area contributed by atoms with E-state index in [2.05, 4.69) is 24.5 Å². The van der Waals surface area contributed by atoms with Gasteiger partial charge in [0.2, 0.25) is 0 Å². The lowest BCUT2D eigenvalue weighted by atomic mass is 9.85. The first-order chi connectivity index (χ1) is 7.58. The molecule has 2 N–H and O–H groups in total. The maximum absolute atomic E-state index is 11.9. The van der Waals surface area contributed by atoms with Crippen molar-refractivity contribution in [1.82, 2.24) is 10.6 Å². The summed E-state index contributed by atoms with van der Waals surface area (Å²) in [6.45, 7) is 4.33. The third kappa shape index (κ3) is 2.26. The summed E-state index contributed by atoms with van der Waals surface area (Å²) in [4.78, 5) is 11.9. The van der Waals surface area contributed by atoms with E-state index in [0.717, 1.165) is 30.5 Å². The van der Waals surface area contributed by atoms with Gasteiger partial charge in [0.15, 0.2) is 10.9 Å². The number of carbonyl (C=O) groups excluding carboxylic acids is 1. The molecule has 0 aromatic heterocycles. The number of carbonyl (C=O) groups is 1. The molecule has 0 bridgehead atoms. The molecule has 88 valence electrons. The van der Waals surface area contributed by atoms with Crippen LogP contribution in [0.25, 0.3) is 0 Å². The molecule has 3 nitrogen and oxygen atoms in total. The molecular formula is C12H18N2OS. The van der Waals surface area contributed by atoms with Gasteiger partial charge in [-0.1, -0.05) is 13.8 Å². The normalized spacial score (nSPS) is 25.3. The van der Waals surface area contributed by atoms with Gasteiger partial charge in [0.25, 0.3) is 0 Å². The van der Waals surface area contributed by atoms with Gasteiger partial charge in [0.1, 0.15) is 0 Å². The summed E-state index contributed by atoms with van der Waals surface area (Å²) in [6, 6.07) is 0.122. The van der Waals surface area contributed by atoms with Gasteiger partial charge in [0.05, 0.1) is 6.04 Å². The van der Waals surface area contributed by atoms with Crippen LogP contribution in [-0.4, -0.2) is 16.9 Å². The van der Waals surface area contributed by atoms with Crippen molar-refractivity contribution < 1.29 is 4.79 Å². The molecule has 1 heterocycles. The summed E-state index contributed by atoms with van der Waals surface area (Å²) in [7, 11) is 0. The highest BCUT2D eigenvalue weighted by atomic mass is 32.1. The predicted molar refractivity (Wildman–Crippen MR) is 68.0 cm³/mol. The van der Waals surface area contributed by atoms with E-state index in [1.807, 2.05) is 0 Å². The number of nitrogens with one attached hydrogen (secondary N) is 2. The highest BCUT2D eigenvalue weighted by Gasteiger charge is 2.32. The van der Waals surface area contributed by atoms with E-state index in [0.29, 0.717) is 17.5 Å². The largest absolute Gasteiger partial charge is 0.355 e. The maximum Gasteiger partial charge on any atom is 0.171 e. The third-order valence-corrected chi connectivity index (χ3v) is 3.30. The Morgan fingerprint density at radius 2 is 2.19 bits per heavy atom. The Bertz CT molecular complexity index is 360. The molecule has 0 saturated heterocycles. The number of rotatable bonds is 2. The van der Waals surface area contributed by atoms with Gasteiger partial charge in [0, 0.05) is 17.7 Å². The van der Waals surface area contributed by atoms with Crippen LogP contribution < -0.4 is 10.6 Å². The molecule has 4 heteroatoms. The molecule has 1 unspecified atom stereocenters.